The summed E-state index contributed by atoms with van der Waals surface area (Å²) in [7, 11) is 0. The summed E-state index contributed by atoms with van der Waals surface area (Å²) in [6, 6.07) is 13.3. The maximum absolute atomic E-state index is 8.90. The topological polar surface area (TPSA) is 78.2 Å². The van der Waals surface area contributed by atoms with Gasteiger partial charge in [0, 0.05) is 11.1 Å². The minimum absolute atomic E-state index is 0.624. The Kier molecular flexibility index (Phi) is 2.75. The summed E-state index contributed by atoms with van der Waals surface area (Å²) in [5, 5.41) is 23.7. The molecule has 0 unspecified atom stereocenters. The minimum Gasteiger partial charge on any atom is -0.277 e. The van der Waals surface area contributed by atoms with E-state index in [1.807, 2.05) is 30.3 Å². The summed E-state index contributed by atoms with van der Waals surface area (Å²) < 4.78 is 0. The first-order chi connectivity index (χ1) is 9.36. The van der Waals surface area contributed by atoms with Crippen molar-refractivity contribution in [3.05, 3.63) is 54.4 Å². The molecular formula is C14H9N5. The third kappa shape index (κ3) is 2.19. The van der Waals surface area contributed by atoms with Crippen LogP contribution in [0.15, 0.2) is 48.8 Å². The number of nitriles is 1. The highest BCUT2D eigenvalue weighted by atomic mass is 15.1. The Morgan fingerprint density at radius 3 is 2.79 bits per heavy atom. The van der Waals surface area contributed by atoms with Crippen molar-refractivity contribution in [1.82, 2.24) is 20.4 Å². The molecule has 90 valence electrons. The van der Waals surface area contributed by atoms with Crippen molar-refractivity contribution in [3.8, 4) is 28.6 Å². The van der Waals surface area contributed by atoms with Crippen LogP contribution in [0.3, 0.4) is 0 Å². The average Bonchev–Trinajstić information content (AvgIpc) is 2.98. The summed E-state index contributed by atoms with van der Waals surface area (Å²) in [5.41, 5.74) is 4.11. The lowest BCUT2D eigenvalue weighted by molar-refractivity contribution is 1.03. The zero-order valence-electron chi connectivity index (χ0n) is 9.91. The first-order valence-electron chi connectivity index (χ1n) is 5.70. The van der Waals surface area contributed by atoms with E-state index in [9.17, 15) is 0 Å². The van der Waals surface area contributed by atoms with Crippen LogP contribution in [0.2, 0.25) is 0 Å². The molecule has 0 radical (unpaired) electrons. The Morgan fingerprint density at radius 1 is 1.05 bits per heavy atom. The second kappa shape index (κ2) is 4.70. The van der Waals surface area contributed by atoms with Gasteiger partial charge in [-0.3, -0.25) is 5.10 Å². The van der Waals surface area contributed by atoms with Crippen molar-refractivity contribution in [1.29, 1.82) is 5.26 Å². The van der Waals surface area contributed by atoms with Gasteiger partial charge >= 0.3 is 0 Å². The molecular weight excluding hydrogens is 238 g/mol. The Morgan fingerprint density at radius 2 is 2.00 bits per heavy atom. The Bertz CT molecular complexity index is 740. The number of hydrogen-bond donors (Lipinski definition) is 1. The Labute approximate surface area is 109 Å². The lowest BCUT2D eigenvalue weighted by atomic mass is 10.1. The summed E-state index contributed by atoms with van der Waals surface area (Å²) in [6.45, 7) is 0. The first-order valence-corrected chi connectivity index (χ1v) is 5.70. The normalized spacial score (nSPS) is 10.1. The van der Waals surface area contributed by atoms with Crippen LogP contribution >= 0.6 is 0 Å². The highest BCUT2D eigenvalue weighted by Gasteiger charge is 2.06. The molecule has 0 fully saturated rings. The lowest BCUT2D eigenvalue weighted by Crippen LogP contribution is -1.81. The van der Waals surface area contributed by atoms with Crippen LogP contribution in [0.1, 0.15) is 5.56 Å². The van der Waals surface area contributed by atoms with Crippen molar-refractivity contribution in [2.75, 3.05) is 0 Å². The van der Waals surface area contributed by atoms with Crippen LogP contribution in [0.25, 0.3) is 22.5 Å². The monoisotopic (exact) mass is 247 g/mol. The predicted octanol–water partition coefficient (Wildman–Crippen LogP) is 2.41. The highest BCUT2D eigenvalue weighted by molar-refractivity contribution is 5.68. The zero-order valence-corrected chi connectivity index (χ0v) is 9.91. The van der Waals surface area contributed by atoms with Gasteiger partial charge in [-0.25, -0.2) is 0 Å². The number of aromatic nitrogens is 4. The van der Waals surface area contributed by atoms with Gasteiger partial charge in [0.15, 0.2) is 0 Å². The standard InChI is InChI=1S/C14H9N5/c15-8-10-2-1-3-11(6-10)13-7-14(19-18-13)12-4-5-16-17-9-12/h1-7,9H,(H,18,19). The van der Waals surface area contributed by atoms with Crippen LogP contribution in [-0.2, 0) is 0 Å². The summed E-state index contributed by atoms with van der Waals surface area (Å²) in [6.07, 6.45) is 3.28. The molecule has 3 aromatic rings. The van der Waals surface area contributed by atoms with E-state index in [1.54, 1.807) is 18.5 Å². The molecule has 1 N–H and O–H groups in total. The van der Waals surface area contributed by atoms with Crippen molar-refractivity contribution in [2.45, 2.75) is 0 Å². The molecule has 0 aliphatic heterocycles. The van der Waals surface area contributed by atoms with Gasteiger partial charge in [0.05, 0.1) is 35.4 Å². The molecule has 1 aromatic carbocycles. The number of nitrogens with one attached hydrogen (secondary N) is 1. The lowest BCUT2D eigenvalue weighted by Gasteiger charge is -1.96. The van der Waals surface area contributed by atoms with Gasteiger partial charge in [0.1, 0.15) is 0 Å². The van der Waals surface area contributed by atoms with Gasteiger partial charge < -0.3 is 0 Å². The molecule has 19 heavy (non-hydrogen) atoms. The number of aromatic amines is 1. The van der Waals surface area contributed by atoms with Crippen molar-refractivity contribution in [2.24, 2.45) is 0 Å². The molecule has 0 saturated carbocycles. The molecule has 0 saturated heterocycles. The zero-order chi connectivity index (χ0) is 13.1. The van der Waals surface area contributed by atoms with E-state index in [2.05, 4.69) is 26.5 Å². The molecule has 2 aromatic heterocycles. The predicted molar refractivity (Wildman–Crippen MR) is 69.8 cm³/mol. The average molecular weight is 247 g/mol. The molecule has 0 aliphatic rings. The molecule has 0 spiro atoms. The quantitative estimate of drug-likeness (QED) is 0.754. The molecule has 0 amide bonds. The van der Waals surface area contributed by atoms with Gasteiger partial charge in [-0.05, 0) is 24.3 Å². The van der Waals surface area contributed by atoms with Gasteiger partial charge in [-0.15, -0.1) is 0 Å². The molecule has 5 heteroatoms. The van der Waals surface area contributed by atoms with E-state index >= 15 is 0 Å². The molecule has 0 bridgehead atoms. The second-order valence-corrected chi connectivity index (χ2v) is 3.99. The largest absolute Gasteiger partial charge is 0.277 e. The molecule has 0 aliphatic carbocycles. The van der Waals surface area contributed by atoms with E-state index in [0.717, 1.165) is 22.5 Å². The third-order valence-electron chi connectivity index (χ3n) is 2.76. The van der Waals surface area contributed by atoms with Crippen LogP contribution in [0.4, 0.5) is 0 Å². The highest BCUT2D eigenvalue weighted by Crippen LogP contribution is 2.23. The number of rotatable bonds is 2. The maximum atomic E-state index is 8.90. The van der Waals surface area contributed by atoms with E-state index in [4.69, 9.17) is 5.26 Å². The summed E-state index contributed by atoms with van der Waals surface area (Å²) in [4.78, 5) is 0. The maximum Gasteiger partial charge on any atom is 0.0991 e. The molecule has 5 nitrogen and oxygen atoms in total. The van der Waals surface area contributed by atoms with Crippen LogP contribution in [0, 0.1) is 11.3 Å². The molecule has 3 rings (SSSR count). The summed E-state index contributed by atoms with van der Waals surface area (Å²) >= 11 is 0. The smallest absolute Gasteiger partial charge is 0.0991 e. The first kappa shape index (κ1) is 11.1. The van der Waals surface area contributed by atoms with Crippen LogP contribution in [-0.4, -0.2) is 20.4 Å². The summed E-state index contributed by atoms with van der Waals surface area (Å²) in [5.74, 6) is 0. The Hall–Kier alpha value is -3.00. The fourth-order valence-electron chi connectivity index (χ4n) is 1.82. The van der Waals surface area contributed by atoms with Gasteiger partial charge in [0.25, 0.3) is 0 Å². The van der Waals surface area contributed by atoms with E-state index in [-0.39, 0.29) is 0 Å². The van der Waals surface area contributed by atoms with Crippen LogP contribution in [0.5, 0.6) is 0 Å². The molecule has 0 atom stereocenters. The van der Waals surface area contributed by atoms with Gasteiger partial charge in [0.2, 0.25) is 0 Å². The SMILES string of the molecule is N#Cc1cccc(-c2cc(-c3ccnnc3)n[nH]2)c1. The fraction of sp³-hybridized carbons (Fsp3) is 0. The number of hydrogen-bond acceptors (Lipinski definition) is 4. The molecule has 2 heterocycles. The van der Waals surface area contributed by atoms with Crippen LogP contribution < -0.4 is 0 Å². The van der Waals surface area contributed by atoms with Crippen molar-refractivity contribution >= 4 is 0 Å². The van der Waals surface area contributed by atoms with E-state index < -0.39 is 0 Å². The van der Waals surface area contributed by atoms with Crippen molar-refractivity contribution in [3.63, 3.8) is 0 Å². The fourth-order valence-corrected chi connectivity index (χ4v) is 1.82. The van der Waals surface area contributed by atoms with E-state index in [1.165, 1.54) is 0 Å². The third-order valence-corrected chi connectivity index (χ3v) is 2.76. The second-order valence-electron chi connectivity index (χ2n) is 3.99. The number of benzene rings is 1. The van der Waals surface area contributed by atoms with Gasteiger partial charge in [-0.2, -0.15) is 20.6 Å². The number of H-pyrrole nitrogens is 1. The Balaban J connectivity index is 2.00. The van der Waals surface area contributed by atoms with Gasteiger partial charge in [-0.1, -0.05) is 12.1 Å². The number of nitrogens with zero attached hydrogens (tertiary/aromatic N) is 4. The van der Waals surface area contributed by atoms with E-state index in [0.29, 0.717) is 5.56 Å². The minimum atomic E-state index is 0.624. The van der Waals surface area contributed by atoms with Crippen molar-refractivity contribution < 1.29 is 0 Å².